The van der Waals surface area contributed by atoms with Gasteiger partial charge in [0.25, 0.3) is 5.91 Å². The Labute approximate surface area is 120 Å². The first-order chi connectivity index (χ1) is 9.56. The fourth-order valence-electron chi connectivity index (χ4n) is 1.75. The number of carboxylic acid groups (broad SMARTS) is 1. The van der Waals surface area contributed by atoms with Crippen molar-refractivity contribution >= 4 is 23.2 Å². The van der Waals surface area contributed by atoms with Crippen molar-refractivity contribution in [2.75, 3.05) is 0 Å². The number of hydrogen-bond acceptors (Lipinski definition) is 4. The number of carboxylic acids is 1. The molecule has 6 heteroatoms. The fourth-order valence-corrected chi connectivity index (χ4v) is 2.34. The summed E-state index contributed by atoms with van der Waals surface area (Å²) < 4.78 is 0. The molecule has 0 radical (unpaired) electrons. The first kappa shape index (κ1) is 14.2. The molecule has 0 aliphatic heterocycles. The van der Waals surface area contributed by atoms with Crippen LogP contribution in [-0.2, 0) is 11.2 Å². The molecular weight excluding hydrogens is 276 g/mol. The molecular formula is C14H14N2O3S. The lowest BCUT2D eigenvalue weighted by Gasteiger charge is -2.13. The molecule has 5 nitrogen and oxygen atoms in total. The normalized spacial score (nSPS) is 11.8. The molecule has 1 heterocycles. The summed E-state index contributed by atoms with van der Waals surface area (Å²) in [6, 6.07) is 8.21. The third-order valence-corrected chi connectivity index (χ3v) is 3.51. The van der Waals surface area contributed by atoms with Crippen molar-refractivity contribution in [2.24, 2.45) is 0 Å². The smallest absolute Gasteiger partial charge is 0.326 e. The topological polar surface area (TPSA) is 79.3 Å². The molecule has 1 amide bonds. The zero-order chi connectivity index (χ0) is 14.5. The van der Waals surface area contributed by atoms with E-state index in [-0.39, 0.29) is 12.1 Å². The average Bonchev–Trinajstić information content (AvgIpc) is 2.86. The zero-order valence-corrected chi connectivity index (χ0v) is 11.7. The Hall–Kier alpha value is -2.21. The van der Waals surface area contributed by atoms with Gasteiger partial charge in [-0.25, -0.2) is 9.78 Å². The molecule has 0 fully saturated rings. The molecule has 1 aromatic heterocycles. The lowest BCUT2D eigenvalue weighted by molar-refractivity contribution is -0.139. The van der Waals surface area contributed by atoms with E-state index in [9.17, 15) is 14.7 Å². The molecule has 2 aromatic rings. The van der Waals surface area contributed by atoms with Crippen LogP contribution in [0.25, 0.3) is 0 Å². The van der Waals surface area contributed by atoms with E-state index in [1.165, 1.54) is 11.3 Å². The summed E-state index contributed by atoms with van der Waals surface area (Å²) in [5.74, 6) is -1.52. The van der Waals surface area contributed by atoms with Gasteiger partial charge in [0.2, 0.25) is 0 Å². The number of carbonyl (C=O) groups is 2. The number of aryl methyl sites for hydroxylation is 1. The summed E-state index contributed by atoms with van der Waals surface area (Å²) >= 11 is 1.35. The van der Waals surface area contributed by atoms with Gasteiger partial charge in [-0.2, -0.15) is 0 Å². The summed E-state index contributed by atoms with van der Waals surface area (Å²) in [6.07, 6.45) is 0.241. The second-order valence-electron chi connectivity index (χ2n) is 4.31. The van der Waals surface area contributed by atoms with Crippen molar-refractivity contribution in [1.82, 2.24) is 10.3 Å². The molecule has 1 aromatic carbocycles. The van der Waals surface area contributed by atoms with Crippen molar-refractivity contribution in [1.29, 1.82) is 0 Å². The van der Waals surface area contributed by atoms with Gasteiger partial charge in [0, 0.05) is 11.8 Å². The Kier molecular flexibility index (Phi) is 4.47. The first-order valence-electron chi connectivity index (χ1n) is 6.06. The second kappa shape index (κ2) is 6.29. The lowest BCUT2D eigenvalue weighted by Crippen LogP contribution is -2.42. The number of hydrogen-bond donors (Lipinski definition) is 2. The standard InChI is InChI=1S/C14H14N2O3S/c1-9-15-12(8-20-9)13(17)16-11(14(18)19)7-10-5-3-2-4-6-10/h2-6,8,11H,7H2,1H3,(H,16,17)(H,18,19)/t11-/m1/s1. The molecule has 2 N–H and O–H groups in total. The van der Waals surface area contributed by atoms with Gasteiger partial charge in [0.15, 0.2) is 0 Å². The van der Waals surface area contributed by atoms with Gasteiger partial charge in [0.1, 0.15) is 11.7 Å². The van der Waals surface area contributed by atoms with E-state index in [1.54, 1.807) is 12.3 Å². The van der Waals surface area contributed by atoms with Gasteiger partial charge in [-0.05, 0) is 12.5 Å². The maximum Gasteiger partial charge on any atom is 0.326 e. The van der Waals surface area contributed by atoms with Crippen LogP contribution in [0.2, 0.25) is 0 Å². The minimum absolute atomic E-state index is 0.241. The Bertz CT molecular complexity index is 610. The number of rotatable bonds is 5. The highest BCUT2D eigenvalue weighted by Gasteiger charge is 2.22. The fraction of sp³-hybridized carbons (Fsp3) is 0.214. The van der Waals surface area contributed by atoms with Gasteiger partial charge >= 0.3 is 5.97 Å². The number of thiazole rings is 1. The van der Waals surface area contributed by atoms with Gasteiger partial charge in [0.05, 0.1) is 5.01 Å². The molecule has 0 spiro atoms. The van der Waals surface area contributed by atoms with Crippen molar-refractivity contribution in [3.05, 3.63) is 52.0 Å². The average molecular weight is 290 g/mol. The van der Waals surface area contributed by atoms with Crippen LogP contribution in [0.4, 0.5) is 0 Å². The molecule has 2 rings (SSSR count). The number of aromatic nitrogens is 1. The quantitative estimate of drug-likeness (QED) is 0.881. The third-order valence-electron chi connectivity index (χ3n) is 2.74. The van der Waals surface area contributed by atoms with Crippen LogP contribution in [0.15, 0.2) is 35.7 Å². The highest BCUT2D eigenvalue weighted by molar-refractivity contribution is 7.09. The molecule has 1 atom stereocenters. The summed E-state index contributed by atoms with van der Waals surface area (Å²) in [6.45, 7) is 1.79. The van der Waals surface area contributed by atoms with Crippen LogP contribution < -0.4 is 5.32 Å². The number of amides is 1. The minimum atomic E-state index is -1.06. The Morgan fingerprint density at radius 3 is 2.60 bits per heavy atom. The summed E-state index contributed by atoms with van der Waals surface area (Å²) in [5.41, 5.74) is 1.11. The molecule has 104 valence electrons. The zero-order valence-electron chi connectivity index (χ0n) is 10.9. The molecule has 0 bridgehead atoms. The van der Waals surface area contributed by atoms with E-state index >= 15 is 0 Å². The van der Waals surface area contributed by atoms with Crippen LogP contribution in [0.3, 0.4) is 0 Å². The van der Waals surface area contributed by atoms with Crippen LogP contribution in [0.5, 0.6) is 0 Å². The summed E-state index contributed by atoms with van der Waals surface area (Å²) in [4.78, 5) is 27.2. The molecule has 0 saturated heterocycles. The lowest BCUT2D eigenvalue weighted by atomic mass is 10.1. The van der Waals surface area contributed by atoms with E-state index < -0.39 is 17.9 Å². The monoisotopic (exact) mass is 290 g/mol. The predicted molar refractivity (Wildman–Crippen MR) is 75.9 cm³/mol. The predicted octanol–water partition coefficient (Wildman–Crippen LogP) is 1.88. The van der Waals surface area contributed by atoms with Crippen molar-refractivity contribution in [3.8, 4) is 0 Å². The maximum atomic E-state index is 11.9. The second-order valence-corrected chi connectivity index (χ2v) is 5.37. The number of carbonyl (C=O) groups excluding carboxylic acids is 1. The molecule has 0 unspecified atom stereocenters. The minimum Gasteiger partial charge on any atom is -0.480 e. The van der Waals surface area contributed by atoms with E-state index in [0.717, 1.165) is 10.6 Å². The highest BCUT2D eigenvalue weighted by Crippen LogP contribution is 2.09. The van der Waals surface area contributed by atoms with E-state index in [2.05, 4.69) is 10.3 Å². The van der Waals surface area contributed by atoms with E-state index in [4.69, 9.17) is 0 Å². The number of benzene rings is 1. The maximum absolute atomic E-state index is 11.9. The van der Waals surface area contributed by atoms with Gasteiger partial charge in [-0.3, -0.25) is 4.79 Å². The van der Waals surface area contributed by atoms with Crippen molar-refractivity contribution in [3.63, 3.8) is 0 Å². The molecule has 0 saturated carbocycles. The van der Waals surface area contributed by atoms with E-state index in [1.807, 2.05) is 30.3 Å². The largest absolute Gasteiger partial charge is 0.480 e. The number of nitrogens with one attached hydrogen (secondary N) is 1. The highest BCUT2D eigenvalue weighted by atomic mass is 32.1. The third kappa shape index (κ3) is 3.64. The SMILES string of the molecule is Cc1nc(C(=O)N[C@H](Cc2ccccc2)C(=O)O)cs1. The first-order valence-corrected chi connectivity index (χ1v) is 6.94. The Morgan fingerprint density at radius 1 is 1.35 bits per heavy atom. The van der Waals surface area contributed by atoms with Crippen molar-refractivity contribution in [2.45, 2.75) is 19.4 Å². The summed E-state index contributed by atoms with van der Waals surface area (Å²) in [5, 5.41) is 14.1. The van der Waals surface area contributed by atoms with Crippen LogP contribution >= 0.6 is 11.3 Å². The Morgan fingerprint density at radius 2 is 2.05 bits per heavy atom. The van der Waals surface area contributed by atoms with Crippen LogP contribution in [0, 0.1) is 6.92 Å². The van der Waals surface area contributed by atoms with Crippen LogP contribution in [-0.4, -0.2) is 28.0 Å². The van der Waals surface area contributed by atoms with Crippen LogP contribution in [0.1, 0.15) is 21.1 Å². The summed E-state index contributed by atoms with van der Waals surface area (Å²) in [7, 11) is 0. The van der Waals surface area contributed by atoms with Gasteiger partial charge in [-0.1, -0.05) is 30.3 Å². The van der Waals surface area contributed by atoms with Crippen molar-refractivity contribution < 1.29 is 14.7 Å². The molecule has 0 aliphatic carbocycles. The van der Waals surface area contributed by atoms with E-state index in [0.29, 0.717) is 0 Å². The molecule has 0 aliphatic rings. The number of nitrogens with zero attached hydrogens (tertiary/aromatic N) is 1. The molecule has 20 heavy (non-hydrogen) atoms. The number of aliphatic carboxylic acids is 1. The van der Waals surface area contributed by atoms with Gasteiger partial charge < -0.3 is 10.4 Å². The Balaban J connectivity index is 2.06. The van der Waals surface area contributed by atoms with Gasteiger partial charge in [-0.15, -0.1) is 11.3 Å².